The van der Waals surface area contributed by atoms with Crippen LogP contribution in [0.2, 0.25) is 0 Å². The van der Waals surface area contributed by atoms with Gasteiger partial charge in [-0.05, 0) is 274 Å². The van der Waals surface area contributed by atoms with Gasteiger partial charge in [-0.2, -0.15) is 0 Å². The van der Waals surface area contributed by atoms with Crippen LogP contribution in [0.25, 0.3) is 296 Å². The molecule has 0 amide bonds. The molecule has 0 radical (unpaired) electrons. The molecule has 0 saturated heterocycles. The van der Waals surface area contributed by atoms with E-state index in [4.69, 9.17) is 19.9 Å². The Bertz CT molecular complexity index is 10700. The zero-order valence-electron chi connectivity index (χ0n) is 77.9. The van der Waals surface area contributed by atoms with Gasteiger partial charge in [0.25, 0.3) is 0 Å². The molecular weight excluding hydrogens is 1750 g/mol. The van der Waals surface area contributed by atoms with E-state index in [9.17, 15) is 0 Å². The molecule has 0 spiro atoms. The molecule has 0 saturated carbocycles. The summed E-state index contributed by atoms with van der Waals surface area (Å²) in [5.74, 6) is 1.26. The molecule has 666 valence electrons. The van der Waals surface area contributed by atoms with Gasteiger partial charge >= 0.3 is 0 Å². The van der Waals surface area contributed by atoms with Gasteiger partial charge in [0.05, 0.1) is 66.9 Å². The molecule has 6 aromatic heterocycles. The van der Waals surface area contributed by atoms with Gasteiger partial charge < -0.3 is 9.13 Å². The summed E-state index contributed by atoms with van der Waals surface area (Å²) in [4.78, 5) is 22.5. The van der Waals surface area contributed by atoms with Crippen LogP contribution in [0.5, 0.6) is 0 Å². The minimum atomic E-state index is 0.627. The topological polar surface area (TPSA) is 71.3 Å². The van der Waals surface area contributed by atoms with Crippen LogP contribution in [0.15, 0.2) is 497 Å². The first-order valence-electron chi connectivity index (χ1n) is 49.4. The summed E-state index contributed by atoms with van der Waals surface area (Å²) in [6.45, 7) is 0. The summed E-state index contributed by atoms with van der Waals surface area (Å²) in [7, 11) is 0. The predicted molar refractivity (Wildman–Crippen MR) is 607 cm³/mol. The monoisotopic (exact) mass is 1830 g/mol. The number of rotatable bonds is 10. The van der Waals surface area contributed by atoms with E-state index in [0.29, 0.717) is 11.9 Å². The van der Waals surface area contributed by atoms with Crippen molar-refractivity contribution < 1.29 is 0 Å². The molecule has 0 aliphatic carbocycles. The second-order valence-corrected chi connectivity index (χ2v) is 38.2. The quantitative estimate of drug-likeness (QED) is 0.128. The summed E-state index contributed by atoms with van der Waals surface area (Å²) in [6, 6.07) is 181. The number of fused-ring (bicyclic) bond motifs is 28. The maximum Gasteiger partial charge on any atom is 0.235 e. The fourth-order valence-electron chi connectivity index (χ4n) is 23.7. The standard InChI is InChI=1S/C70H42N4.C66H40N4/c1-4-18-50-43(15-1)29-30-48-37-49(33-34-53(48)50)73-66-27-13-11-25-58(66)62-38-44(31-35-68(62)73)45-32-36-69-63(39-45)59-26-12-14-28-67(59)74(69)70-71-64(60-40-46-16-2-5-19-51(46)54-21-7-9-23-56(54)60)42-65(72-70)61-41-47-17-3-6-20-52(47)55-22-8-10-24-57(55)61;1-2-16-42-35-47(32-29-41(42)15-1)69-62-27-13-11-25-54(62)58-36-43(30-33-64(58)69)44-31-34-65-59(37-44)55-26-12-14-28-63(55)70(65)66-67-60(56-38-45-17-3-5-19-48(45)50-21-7-9-23-52(50)56)40-61(68-66)57-39-46-18-4-6-20-49(46)51-22-8-10-24-53(51)57/h1-42H;1-40H. The first kappa shape index (κ1) is 80.8. The Morgan fingerprint density at radius 1 is 0.118 bits per heavy atom. The third-order valence-electron chi connectivity index (χ3n) is 30.3. The molecule has 6 heterocycles. The molecule has 0 atom stereocenters. The Morgan fingerprint density at radius 2 is 0.333 bits per heavy atom. The molecule has 0 unspecified atom stereocenters. The number of hydrogen-bond acceptors (Lipinski definition) is 4. The molecule has 0 aliphatic heterocycles. The maximum atomic E-state index is 5.62. The van der Waals surface area contributed by atoms with Gasteiger partial charge in [-0.3, -0.25) is 9.13 Å². The molecule has 8 nitrogen and oxygen atoms in total. The Balaban J connectivity index is 0.000000134. The molecular formula is C136H82N8. The molecule has 0 aliphatic rings. The van der Waals surface area contributed by atoms with Crippen LogP contribution < -0.4 is 0 Å². The lowest BCUT2D eigenvalue weighted by molar-refractivity contribution is 0.996. The summed E-state index contributed by atoms with van der Waals surface area (Å²) in [5, 5.41) is 36.0. The Labute approximate surface area is 826 Å². The summed E-state index contributed by atoms with van der Waals surface area (Å²) >= 11 is 0. The molecule has 31 rings (SSSR count). The van der Waals surface area contributed by atoms with Crippen molar-refractivity contribution in [3.63, 3.8) is 0 Å². The van der Waals surface area contributed by atoms with Crippen molar-refractivity contribution in [2.75, 3.05) is 0 Å². The van der Waals surface area contributed by atoms with Crippen LogP contribution in [0, 0.1) is 0 Å². The average Bonchev–Trinajstić information content (AvgIpc) is 1.64. The Kier molecular flexibility index (Phi) is 18.0. The molecule has 31 aromatic rings. The lowest BCUT2D eigenvalue weighted by Gasteiger charge is -2.16. The molecule has 0 N–H and O–H groups in total. The smallest absolute Gasteiger partial charge is 0.235 e. The van der Waals surface area contributed by atoms with Crippen molar-refractivity contribution in [2.24, 2.45) is 0 Å². The van der Waals surface area contributed by atoms with Gasteiger partial charge in [0.2, 0.25) is 11.9 Å². The van der Waals surface area contributed by atoms with Crippen molar-refractivity contribution in [3.8, 4) is 90.6 Å². The van der Waals surface area contributed by atoms with E-state index in [2.05, 4.69) is 516 Å². The maximum absolute atomic E-state index is 5.62. The zero-order valence-corrected chi connectivity index (χ0v) is 77.9. The highest BCUT2D eigenvalue weighted by Crippen LogP contribution is 2.48. The number of aromatic nitrogens is 8. The second-order valence-electron chi connectivity index (χ2n) is 38.2. The van der Waals surface area contributed by atoms with Crippen molar-refractivity contribution in [1.29, 1.82) is 0 Å². The zero-order chi connectivity index (χ0) is 94.3. The highest BCUT2D eigenvalue weighted by Gasteiger charge is 2.27. The first-order valence-corrected chi connectivity index (χ1v) is 49.4. The van der Waals surface area contributed by atoms with Crippen molar-refractivity contribution in [3.05, 3.63) is 497 Å². The number of nitrogens with zero attached hydrogens (tertiary/aromatic N) is 8. The molecule has 144 heavy (non-hydrogen) atoms. The van der Waals surface area contributed by atoms with Gasteiger partial charge in [0.15, 0.2) is 0 Å². The summed E-state index contributed by atoms with van der Waals surface area (Å²) < 4.78 is 9.37. The van der Waals surface area contributed by atoms with Crippen LogP contribution in [0.1, 0.15) is 0 Å². The minimum Gasteiger partial charge on any atom is -0.309 e. The molecule has 8 heteroatoms. The van der Waals surface area contributed by atoms with Crippen LogP contribution >= 0.6 is 0 Å². The van der Waals surface area contributed by atoms with E-state index in [0.717, 1.165) is 138 Å². The number of hydrogen-bond donors (Lipinski definition) is 0. The average molecular weight is 1830 g/mol. The largest absolute Gasteiger partial charge is 0.309 e. The van der Waals surface area contributed by atoms with Gasteiger partial charge in [-0.15, -0.1) is 0 Å². The van der Waals surface area contributed by atoms with Crippen LogP contribution in [0.4, 0.5) is 0 Å². The van der Waals surface area contributed by atoms with E-state index >= 15 is 0 Å². The third kappa shape index (κ3) is 12.7. The molecule has 25 aromatic carbocycles. The van der Waals surface area contributed by atoms with E-state index in [1.165, 1.54) is 146 Å². The molecule has 0 bridgehead atoms. The van der Waals surface area contributed by atoms with Crippen molar-refractivity contribution in [1.82, 2.24) is 38.2 Å². The van der Waals surface area contributed by atoms with Gasteiger partial charge in [-0.1, -0.05) is 364 Å². The molecule has 0 fully saturated rings. The lowest BCUT2D eigenvalue weighted by Crippen LogP contribution is -2.04. The van der Waals surface area contributed by atoms with E-state index < -0.39 is 0 Å². The van der Waals surface area contributed by atoms with Crippen LogP contribution in [-0.2, 0) is 0 Å². The third-order valence-corrected chi connectivity index (χ3v) is 30.3. The van der Waals surface area contributed by atoms with Crippen molar-refractivity contribution in [2.45, 2.75) is 0 Å². The first-order chi connectivity index (χ1) is 71.4. The fraction of sp³-hybridized carbons (Fsp3) is 0. The van der Waals surface area contributed by atoms with E-state index in [1.54, 1.807) is 0 Å². The van der Waals surface area contributed by atoms with Gasteiger partial charge in [-0.25, -0.2) is 19.9 Å². The summed E-state index contributed by atoms with van der Waals surface area (Å²) in [5.41, 5.74) is 23.7. The predicted octanol–water partition coefficient (Wildman–Crippen LogP) is 36.0. The highest BCUT2D eigenvalue weighted by molar-refractivity contribution is 6.22. The number of benzene rings is 25. The summed E-state index contributed by atoms with van der Waals surface area (Å²) in [6.07, 6.45) is 0. The Hall–Kier alpha value is -19.3. The lowest BCUT2D eigenvalue weighted by atomic mass is 9.93. The van der Waals surface area contributed by atoms with Crippen LogP contribution in [-0.4, -0.2) is 38.2 Å². The normalized spacial score (nSPS) is 12.0. The number of para-hydroxylation sites is 4. The van der Waals surface area contributed by atoms with E-state index in [-0.39, 0.29) is 0 Å². The minimum absolute atomic E-state index is 0.627. The SMILES string of the molecule is c1ccc2c(c1)ccc1cc(-n3c4ccccc4c4cc(-c5ccc6c(c5)c5ccccc5n6-c5nc(-c6cc7ccccc7c7ccccc67)cc(-c6cc7ccccc7c7ccccc67)n5)ccc43)ccc12.c1ccc2cc(-n3c4ccccc4c4cc(-c5ccc6c(c5)c5ccccc5n6-c5nc(-c6cc7ccccc7c7ccccc67)cc(-c6cc7ccccc7c7ccccc67)n5)ccc43)ccc2c1. The van der Waals surface area contributed by atoms with Crippen molar-refractivity contribution >= 4 is 206 Å². The Morgan fingerprint density at radius 3 is 0.674 bits per heavy atom. The van der Waals surface area contributed by atoms with E-state index in [1.807, 2.05) is 0 Å². The van der Waals surface area contributed by atoms with Crippen LogP contribution in [0.3, 0.4) is 0 Å². The van der Waals surface area contributed by atoms with Gasteiger partial charge in [0.1, 0.15) is 0 Å². The fourth-order valence-corrected chi connectivity index (χ4v) is 23.7. The second kappa shape index (κ2) is 32.2. The van der Waals surface area contributed by atoms with Gasteiger partial charge in [0, 0.05) is 76.7 Å². The highest BCUT2D eigenvalue weighted by atomic mass is 15.2.